The maximum absolute atomic E-state index is 14.8. The number of hydrogen-bond donors (Lipinski definition) is 30. The molecule has 1 rings (SSSR count). The second-order valence-corrected chi connectivity index (χ2v) is 30.5. The molecule has 43 N–H and O–H groups in total. The molecule has 1 aliphatic rings. The van der Waals surface area contributed by atoms with Gasteiger partial charge < -0.3 is 147 Å². The Morgan fingerprint density at radius 1 is 0.429 bits per heavy atom. The van der Waals surface area contributed by atoms with Crippen LogP contribution in [0.25, 0.3) is 0 Å². The van der Waals surface area contributed by atoms with Crippen LogP contribution in [0, 0.1) is 17.8 Å². The van der Waals surface area contributed by atoms with E-state index in [0.29, 0.717) is 32.2 Å². The number of primary amides is 1. The molecule has 0 unspecified atom stereocenters. The molecule has 0 bridgehead atoms. The predicted molar refractivity (Wildman–Crippen MR) is 435 cm³/mol. The zero-order valence-electron chi connectivity index (χ0n) is 70.5. The predicted octanol–water partition coefficient (Wildman–Crippen LogP) is -13.2. The van der Waals surface area contributed by atoms with Gasteiger partial charge in [0.2, 0.25) is 82.7 Å². The number of rotatable bonds is 62. The Kier molecular flexibility index (Phi) is 52.6. The van der Waals surface area contributed by atoms with E-state index in [-0.39, 0.29) is 129 Å². The molecular formula is C72H143N29O18+2. The average Bonchev–Trinajstić information content (AvgIpc) is 1.42. The van der Waals surface area contributed by atoms with E-state index in [1.54, 1.807) is 41.5 Å². The van der Waals surface area contributed by atoms with Crippen molar-refractivity contribution in [1.29, 1.82) is 0 Å². The van der Waals surface area contributed by atoms with Gasteiger partial charge in [0.15, 0.2) is 6.04 Å². The van der Waals surface area contributed by atoms with Crippen LogP contribution in [0.2, 0.25) is 0 Å². The third kappa shape index (κ3) is 43.6. The lowest BCUT2D eigenvalue weighted by atomic mass is 9.97. The molecule has 0 saturated carbocycles. The number of nitrogens with zero attached hydrogens (tertiary/aromatic N) is 1. The lowest BCUT2D eigenvalue weighted by Crippen LogP contribution is -2.68. The Morgan fingerprint density at radius 3 is 1.24 bits per heavy atom. The van der Waals surface area contributed by atoms with Crippen LogP contribution in [0.5, 0.6) is 0 Å². The van der Waals surface area contributed by atoms with Crippen LogP contribution in [0.4, 0.5) is 0 Å². The van der Waals surface area contributed by atoms with Gasteiger partial charge in [0.05, 0.1) is 19.2 Å². The smallest absolute Gasteiger partial charge is 0.322 e. The molecular weight excluding hydrogens is 1560 g/mol. The fraction of sp³-hybridized carbons (Fsp3) is 0.778. The minimum Gasteiger partial charge on any atom is -0.480 e. The number of aliphatic hydroxyl groups excluding tert-OH is 1. The van der Waals surface area contributed by atoms with Gasteiger partial charge in [0.1, 0.15) is 104 Å². The quantitative estimate of drug-likeness (QED) is 0.0199. The molecule has 119 heavy (non-hydrogen) atoms. The van der Waals surface area contributed by atoms with E-state index >= 15 is 0 Å². The van der Waals surface area contributed by atoms with Crippen LogP contribution in [-0.4, -0.2) is 272 Å². The summed E-state index contributed by atoms with van der Waals surface area (Å²) < 4.78 is 0. The monoisotopic (exact) mass is 1700 g/mol. The van der Waals surface area contributed by atoms with Gasteiger partial charge in [0, 0.05) is 19.4 Å². The number of unbranched alkanes of at least 4 members (excludes halogenated alkanes) is 1. The molecule has 1 saturated heterocycles. The minimum atomic E-state index is -1.68. The molecule has 47 nitrogen and oxygen atoms in total. The second kappa shape index (κ2) is 58.0. The van der Waals surface area contributed by atoms with Crippen LogP contribution >= 0.6 is 0 Å². The molecule has 0 radical (unpaired) electrons. The minimum absolute atomic E-state index is 0.0197. The fourth-order valence-electron chi connectivity index (χ4n) is 12.4. The number of nitrogens with one attached hydrogen (secondary N) is 17. The molecule has 0 aromatic heterocycles. The lowest BCUT2D eigenvalue weighted by molar-refractivity contribution is -0.404. The van der Waals surface area contributed by atoms with Crippen molar-refractivity contribution >= 4 is 94.6 Å². The number of quaternary nitrogens is 2. The summed E-state index contributed by atoms with van der Waals surface area (Å²) in [5.74, 6) is -15.1. The van der Waals surface area contributed by atoms with Gasteiger partial charge in [-0.3, -0.25) is 98.0 Å². The summed E-state index contributed by atoms with van der Waals surface area (Å²) in [7, 11) is 0. The van der Waals surface area contributed by atoms with E-state index in [9.17, 15) is 86.9 Å². The Hall–Kier alpha value is -9.08. The van der Waals surface area contributed by atoms with Gasteiger partial charge >= 0.3 is 5.97 Å². The van der Waals surface area contributed by atoms with Gasteiger partial charge in [-0.2, -0.15) is 0 Å². The topological polar surface area (TPSA) is 811 Å². The SMILES string of the molecule is CC[C@H](C)[C@H](NC(=O)CNC(=O)[C@@H]([NH3+])CCC(N)=O)C(=O)N[C@H](C(=O)N[C@@H](CCCC[NH3+])C(=O)N1CCC[C@H]1C(=O)N[C@@H](C)C(=O)N[C@H](C(=O)N[C@@H](CCCNC(N)N)C(=O)N[C@@H](CCCNC(N)N)C(=O)N[C@@H](CC(C)C)C(=O)N[C@@H](C)C(=O)N[C@@H](CCCNC(N)N)C(=O)N[C@@H](CCCNC(N)N)C(=O)NCC(=O)O)[C@@H](C)CC)[C@@H](C)O. The van der Waals surface area contributed by atoms with Crippen molar-refractivity contribution in [3.63, 3.8) is 0 Å². The summed E-state index contributed by atoms with van der Waals surface area (Å²) in [4.78, 5) is 221. The summed E-state index contributed by atoms with van der Waals surface area (Å²) >= 11 is 0. The Labute approximate surface area is 695 Å². The van der Waals surface area contributed by atoms with Crippen LogP contribution < -0.4 is 153 Å². The first kappa shape index (κ1) is 108. The van der Waals surface area contributed by atoms with E-state index in [0.717, 1.165) is 0 Å². The van der Waals surface area contributed by atoms with E-state index in [1.165, 1.54) is 25.7 Å². The fourth-order valence-corrected chi connectivity index (χ4v) is 12.4. The highest BCUT2D eigenvalue weighted by molar-refractivity contribution is 6.00. The van der Waals surface area contributed by atoms with Crippen LogP contribution in [0.1, 0.15) is 178 Å². The zero-order chi connectivity index (χ0) is 90.3. The van der Waals surface area contributed by atoms with Crippen molar-refractivity contribution in [2.24, 2.45) is 69.4 Å². The number of amides is 15. The lowest BCUT2D eigenvalue weighted by Gasteiger charge is -2.32. The van der Waals surface area contributed by atoms with Crippen molar-refractivity contribution in [2.75, 3.05) is 52.4 Å². The largest absolute Gasteiger partial charge is 0.480 e. The van der Waals surface area contributed by atoms with Gasteiger partial charge in [-0.1, -0.05) is 54.4 Å². The first-order chi connectivity index (χ1) is 55.9. The number of aliphatic hydroxyl groups is 1. The molecule has 47 heteroatoms. The van der Waals surface area contributed by atoms with Gasteiger partial charge in [-0.25, -0.2) is 0 Å². The standard InChI is InChI=1S/C72H141N29O18/c1-10-37(5)53(98-51(104)34-88-58(109)42(74)25-26-50(75)103)66(117)100-55(41(9)102)67(118)96-47(19-12-13-27-73)68(119)101-32-18-24-49(101)64(115)91-40(8)57(108)99-54(38(6)11-2)65(116)95-46(23-17-31-87-72(82)83)61(112)94-45(22-16-30-86-71(80)81)62(113)97-48(33-36(3)4)63(114)90-39(7)56(107)92-44(21-15-29-85-70(78)79)60(111)93-43(20-14-28-84-69(76)77)59(110)89-35-52(105)106/h36-49,53-55,69-72,84-87,102H,10-35,73-74,76-83H2,1-9H3,(H2,75,103)(H,88,109)(H,89,110)(H,90,114)(H,91,115)(H,92,107)(H,93,111)(H,94,112)(H,95,116)(H,96,118)(H,97,113)(H,98,104)(H,99,108)(H,100,117)(H,105,106)/p+2/t37-,38-,39-,40-,41+,42-,43-,44-,45-,46-,47-,48-,49-,53-,54-,55-/m0/s1. The Bertz CT molecular complexity index is 3230. The van der Waals surface area contributed by atoms with E-state index in [2.05, 4.69) is 102 Å². The molecule has 1 aliphatic heterocycles. The van der Waals surface area contributed by atoms with Crippen molar-refractivity contribution in [3.05, 3.63) is 0 Å². The van der Waals surface area contributed by atoms with Gasteiger partial charge in [-0.05, 0) is 155 Å². The maximum atomic E-state index is 14.8. The van der Waals surface area contributed by atoms with E-state index < -0.39 is 229 Å². The third-order valence-electron chi connectivity index (χ3n) is 19.6. The molecule has 0 aromatic rings. The zero-order valence-corrected chi connectivity index (χ0v) is 70.5. The molecule has 1 fully saturated rings. The summed E-state index contributed by atoms with van der Waals surface area (Å²) in [6.45, 7) is 14.0. The summed E-state index contributed by atoms with van der Waals surface area (Å²) in [5.41, 5.74) is 58.2. The number of carbonyl (C=O) groups excluding carboxylic acids is 15. The number of hydrogen-bond acceptors (Lipinski definition) is 29. The number of aliphatic carboxylic acids is 1. The number of carboxylic acids is 1. The number of nitrogens with two attached hydrogens (primary N) is 9. The van der Waals surface area contributed by atoms with Crippen molar-refractivity contribution in [3.8, 4) is 0 Å². The van der Waals surface area contributed by atoms with Gasteiger partial charge in [-0.15, -0.1) is 0 Å². The Morgan fingerprint density at radius 2 is 0.807 bits per heavy atom. The molecule has 1 heterocycles. The number of likely N-dealkylation sites (tertiary alicyclic amines) is 1. The normalized spacial score (nSPS) is 16.6. The van der Waals surface area contributed by atoms with Crippen LogP contribution in [0.15, 0.2) is 0 Å². The highest BCUT2D eigenvalue weighted by Gasteiger charge is 2.42. The first-order valence-electron chi connectivity index (χ1n) is 40.9. The van der Waals surface area contributed by atoms with Crippen molar-refractivity contribution in [2.45, 2.75) is 288 Å². The highest BCUT2D eigenvalue weighted by atomic mass is 16.4. The van der Waals surface area contributed by atoms with E-state index in [1.807, 2.05) is 0 Å². The molecule has 0 spiro atoms. The summed E-state index contributed by atoms with van der Waals surface area (Å²) in [6, 6.07) is -17.4. The van der Waals surface area contributed by atoms with E-state index in [4.69, 9.17) is 51.6 Å². The molecule has 15 amide bonds. The molecule has 0 aromatic carbocycles. The highest BCUT2D eigenvalue weighted by Crippen LogP contribution is 2.22. The number of carboxylic acid groups (broad SMARTS) is 1. The first-order valence-corrected chi connectivity index (χ1v) is 40.9. The van der Waals surface area contributed by atoms with Gasteiger partial charge in [0.25, 0.3) is 5.91 Å². The maximum Gasteiger partial charge on any atom is 0.322 e. The molecule has 16 atom stereocenters. The van der Waals surface area contributed by atoms with Crippen molar-refractivity contribution in [1.82, 2.24) is 95.3 Å². The third-order valence-corrected chi connectivity index (χ3v) is 19.6. The van der Waals surface area contributed by atoms with Crippen LogP contribution in [0.3, 0.4) is 0 Å². The second-order valence-electron chi connectivity index (χ2n) is 30.5. The van der Waals surface area contributed by atoms with Crippen LogP contribution in [-0.2, 0) is 76.7 Å². The molecule has 0 aliphatic carbocycles. The van der Waals surface area contributed by atoms with Crippen molar-refractivity contribution < 1.29 is 98.4 Å². The number of carbonyl (C=O) groups is 16. The summed E-state index contributed by atoms with van der Waals surface area (Å²) in [6.07, 6.45) is -3.06. The summed E-state index contributed by atoms with van der Waals surface area (Å²) in [5, 5.41) is 65.0. The molecule has 682 valence electrons. The average molecular weight is 1700 g/mol. The Balaban J connectivity index is 3.60.